The van der Waals surface area contributed by atoms with Gasteiger partial charge in [0.25, 0.3) is 0 Å². The van der Waals surface area contributed by atoms with Crippen molar-refractivity contribution < 1.29 is 0 Å². The Hall–Kier alpha value is -1.18. The number of aromatic nitrogens is 3. The fourth-order valence-corrected chi connectivity index (χ4v) is 1.23. The summed E-state index contributed by atoms with van der Waals surface area (Å²) in [6.45, 7) is 0.732. The molecule has 7 heteroatoms. The zero-order valence-corrected chi connectivity index (χ0v) is 6.41. The third kappa shape index (κ3) is 1.13. The van der Waals surface area contributed by atoms with Crippen molar-refractivity contribution in [3.05, 3.63) is 5.82 Å². The second kappa shape index (κ2) is 2.70. The van der Waals surface area contributed by atoms with Crippen molar-refractivity contribution in [2.75, 3.05) is 12.3 Å². The molecule has 0 aromatic carbocycles. The predicted molar refractivity (Wildman–Crippen MR) is 42.6 cm³/mol. The van der Waals surface area contributed by atoms with E-state index in [1.807, 2.05) is 0 Å². The molecule has 1 aliphatic heterocycles. The van der Waals surface area contributed by atoms with Crippen LogP contribution in [0.3, 0.4) is 0 Å². The number of nitrogens with zero attached hydrogens (tertiary/aromatic N) is 2. The Morgan fingerprint density at radius 1 is 1.50 bits per heavy atom. The van der Waals surface area contributed by atoms with Crippen molar-refractivity contribution in [1.29, 1.82) is 0 Å². The van der Waals surface area contributed by atoms with Crippen molar-refractivity contribution in [3.8, 4) is 0 Å². The van der Waals surface area contributed by atoms with Crippen LogP contribution < -0.4 is 22.3 Å². The summed E-state index contributed by atoms with van der Waals surface area (Å²) in [5.41, 5.74) is 16.9. The summed E-state index contributed by atoms with van der Waals surface area (Å²) in [4.78, 5) is 3.99. The SMILES string of the molecule is Nc1n[nH]c(C2CNNC2N)n1. The minimum atomic E-state index is -0.141. The van der Waals surface area contributed by atoms with Crippen LogP contribution in [-0.4, -0.2) is 27.9 Å². The van der Waals surface area contributed by atoms with Gasteiger partial charge in [-0.3, -0.25) is 10.5 Å². The smallest absolute Gasteiger partial charge is 0.239 e. The summed E-state index contributed by atoms with van der Waals surface area (Å²) in [5.74, 6) is 1.08. The van der Waals surface area contributed by atoms with Crippen LogP contribution in [0.25, 0.3) is 0 Å². The normalized spacial score (nSPS) is 29.4. The highest BCUT2D eigenvalue weighted by atomic mass is 15.4. The molecule has 66 valence electrons. The molecule has 7 N–H and O–H groups in total. The maximum atomic E-state index is 5.72. The van der Waals surface area contributed by atoms with E-state index in [1.165, 1.54) is 0 Å². The Labute approximate surface area is 68.9 Å². The maximum Gasteiger partial charge on any atom is 0.239 e. The number of rotatable bonds is 1. The first kappa shape index (κ1) is 7.47. The topological polar surface area (TPSA) is 118 Å². The van der Waals surface area contributed by atoms with Gasteiger partial charge in [-0.15, -0.1) is 5.10 Å². The van der Waals surface area contributed by atoms with Crippen LogP contribution in [-0.2, 0) is 0 Å². The largest absolute Gasteiger partial charge is 0.367 e. The number of nitrogens with two attached hydrogens (primary N) is 2. The zero-order valence-electron chi connectivity index (χ0n) is 6.41. The Morgan fingerprint density at radius 3 is 2.83 bits per heavy atom. The highest BCUT2D eigenvalue weighted by molar-refractivity contribution is 5.16. The van der Waals surface area contributed by atoms with E-state index >= 15 is 0 Å². The number of nitrogens with one attached hydrogen (secondary N) is 3. The van der Waals surface area contributed by atoms with Crippen LogP contribution in [0.4, 0.5) is 5.95 Å². The molecule has 2 rings (SSSR count). The first-order valence-corrected chi connectivity index (χ1v) is 3.69. The van der Waals surface area contributed by atoms with Crippen molar-refractivity contribution >= 4 is 5.95 Å². The molecule has 2 heterocycles. The third-order valence-electron chi connectivity index (χ3n) is 1.90. The molecule has 0 radical (unpaired) electrons. The van der Waals surface area contributed by atoms with E-state index in [1.54, 1.807) is 0 Å². The number of hydrogen-bond acceptors (Lipinski definition) is 6. The van der Waals surface area contributed by atoms with Crippen LogP contribution in [0.5, 0.6) is 0 Å². The van der Waals surface area contributed by atoms with E-state index in [4.69, 9.17) is 11.5 Å². The van der Waals surface area contributed by atoms with Gasteiger partial charge in [0.15, 0.2) is 0 Å². The average Bonchev–Trinajstić information content (AvgIpc) is 2.58. The van der Waals surface area contributed by atoms with E-state index in [-0.39, 0.29) is 18.0 Å². The molecular weight excluding hydrogens is 158 g/mol. The van der Waals surface area contributed by atoms with Crippen LogP contribution in [0.2, 0.25) is 0 Å². The van der Waals surface area contributed by atoms with Crippen LogP contribution in [0.15, 0.2) is 0 Å². The van der Waals surface area contributed by atoms with E-state index in [2.05, 4.69) is 26.0 Å². The summed E-state index contributed by atoms with van der Waals surface area (Å²) in [6, 6.07) is 0. The molecule has 1 aliphatic rings. The third-order valence-corrected chi connectivity index (χ3v) is 1.90. The van der Waals surface area contributed by atoms with Crippen molar-refractivity contribution in [2.45, 2.75) is 12.1 Å². The summed E-state index contributed by atoms with van der Waals surface area (Å²) in [7, 11) is 0. The Kier molecular flexibility index (Phi) is 1.68. The number of nitrogen functional groups attached to an aromatic ring is 1. The zero-order chi connectivity index (χ0) is 8.55. The molecule has 1 aromatic heterocycles. The van der Waals surface area contributed by atoms with E-state index in [9.17, 15) is 0 Å². The van der Waals surface area contributed by atoms with Gasteiger partial charge in [-0.2, -0.15) is 4.98 Å². The van der Waals surface area contributed by atoms with Gasteiger partial charge in [-0.05, 0) is 0 Å². The molecule has 2 atom stereocenters. The lowest BCUT2D eigenvalue weighted by Gasteiger charge is -2.08. The quantitative estimate of drug-likeness (QED) is 0.327. The van der Waals surface area contributed by atoms with Gasteiger partial charge in [0, 0.05) is 6.54 Å². The van der Waals surface area contributed by atoms with Crippen molar-refractivity contribution in [1.82, 2.24) is 26.0 Å². The highest BCUT2D eigenvalue weighted by Gasteiger charge is 2.27. The lowest BCUT2D eigenvalue weighted by atomic mass is 10.1. The first-order valence-electron chi connectivity index (χ1n) is 3.69. The number of aromatic amines is 1. The Bertz CT molecular complexity index is 269. The van der Waals surface area contributed by atoms with Crippen LogP contribution in [0.1, 0.15) is 11.7 Å². The second-order valence-corrected chi connectivity index (χ2v) is 2.74. The summed E-state index contributed by atoms with van der Waals surface area (Å²) >= 11 is 0. The molecule has 7 nitrogen and oxygen atoms in total. The lowest BCUT2D eigenvalue weighted by molar-refractivity contribution is 0.535. The van der Waals surface area contributed by atoms with Gasteiger partial charge >= 0.3 is 0 Å². The fourth-order valence-electron chi connectivity index (χ4n) is 1.23. The molecule has 1 saturated heterocycles. The molecule has 0 saturated carbocycles. The molecule has 0 spiro atoms. The monoisotopic (exact) mass is 169 g/mol. The minimum absolute atomic E-state index is 0.106. The molecule has 12 heavy (non-hydrogen) atoms. The number of H-pyrrole nitrogens is 1. The van der Waals surface area contributed by atoms with E-state index < -0.39 is 0 Å². The van der Waals surface area contributed by atoms with Gasteiger partial charge < -0.3 is 11.5 Å². The van der Waals surface area contributed by atoms with Crippen molar-refractivity contribution in [2.24, 2.45) is 5.73 Å². The molecule has 1 fully saturated rings. The van der Waals surface area contributed by atoms with Crippen LogP contribution in [0, 0.1) is 0 Å². The van der Waals surface area contributed by atoms with Gasteiger partial charge in [0.1, 0.15) is 5.82 Å². The Morgan fingerprint density at radius 2 is 2.33 bits per heavy atom. The fraction of sp³-hybridized carbons (Fsp3) is 0.600. The Balaban J connectivity index is 2.19. The lowest BCUT2D eigenvalue weighted by Crippen LogP contribution is -2.38. The standard InChI is InChI=1S/C5H11N7/c6-3-2(1-8-10-3)4-9-5(7)12-11-4/h2-3,8,10H,1,6H2,(H3,7,9,11,12). The summed E-state index contributed by atoms with van der Waals surface area (Å²) in [5, 5.41) is 6.46. The minimum Gasteiger partial charge on any atom is -0.367 e. The molecule has 0 amide bonds. The van der Waals surface area contributed by atoms with Crippen LogP contribution >= 0.6 is 0 Å². The molecular formula is C5H11N7. The predicted octanol–water partition coefficient (Wildman–Crippen LogP) is -2.14. The van der Waals surface area contributed by atoms with Gasteiger partial charge in [-0.1, -0.05) is 0 Å². The number of hydrazine groups is 1. The number of hydrogen-bond donors (Lipinski definition) is 5. The van der Waals surface area contributed by atoms with E-state index in [0.717, 1.165) is 12.4 Å². The van der Waals surface area contributed by atoms with Gasteiger partial charge in [0.2, 0.25) is 5.95 Å². The summed E-state index contributed by atoms with van der Waals surface area (Å²) < 4.78 is 0. The summed E-state index contributed by atoms with van der Waals surface area (Å²) in [6.07, 6.45) is -0.141. The number of anilines is 1. The van der Waals surface area contributed by atoms with Gasteiger partial charge in [-0.25, -0.2) is 5.43 Å². The van der Waals surface area contributed by atoms with Crippen molar-refractivity contribution in [3.63, 3.8) is 0 Å². The maximum absolute atomic E-state index is 5.72. The molecule has 0 aliphatic carbocycles. The molecule has 2 unspecified atom stereocenters. The van der Waals surface area contributed by atoms with E-state index in [0.29, 0.717) is 0 Å². The highest BCUT2D eigenvalue weighted by Crippen LogP contribution is 2.15. The first-order chi connectivity index (χ1) is 5.77. The van der Waals surface area contributed by atoms with Gasteiger partial charge in [0.05, 0.1) is 12.1 Å². The molecule has 1 aromatic rings. The molecule has 0 bridgehead atoms. The second-order valence-electron chi connectivity index (χ2n) is 2.74. The average molecular weight is 169 g/mol.